The molecule has 0 spiro atoms. The van der Waals surface area contributed by atoms with Crippen molar-refractivity contribution in [1.29, 1.82) is 0 Å². The second-order valence-electron chi connectivity index (χ2n) is 5.11. The van der Waals surface area contributed by atoms with Gasteiger partial charge in [-0.1, -0.05) is 52.3 Å². The third kappa shape index (κ3) is 4.77. The Morgan fingerprint density at radius 1 is 1.38 bits per heavy atom. The lowest BCUT2D eigenvalue weighted by Crippen LogP contribution is -2.28. The van der Waals surface area contributed by atoms with E-state index in [4.69, 9.17) is 4.99 Å². The molecule has 1 atom stereocenters. The Balaban J connectivity index is 2.31. The van der Waals surface area contributed by atoms with Gasteiger partial charge in [0.05, 0.1) is 0 Å². The highest BCUT2D eigenvalue weighted by atomic mass is 32.2. The van der Waals surface area contributed by atoms with Gasteiger partial charge in [0.15, 0.2) is 5.17 Å². The molecule has 1 unspecified atom stereocenters. The summed E-state index contributed by atoms with van der Waals surface area (Å²) in [4.78, 5) is 4.69. The molecule has 0 aromatic carbocycles. The summed E-state index contributed by atoms with van der Waals surface area (Å²) in [6.07, 6.45) is 3.75. The number of hydrogen-bond acceptors (Lipinski definition) is 2. The fraction of sp³-hybridized carbons (Fsp3) is 0.923. The van der Waals surface area contributed by atoms with E-state index in [1.54, 1.807) is 0 Å². The molecule has 1 N–H and O–H groups in total. The molecule has 3 heteroatoms. The first-order valence-corrected chi connectivity index (χ1v) is 7.58. The molecular formula is C13H26N2S. The van der Waals surface area contributed by atoms with E-state index in [-0.39, 0.29) is 0 Å². The lowest BCUT2D eigenvalue weighted by Gasteiger charge is -2.12. The fourth-order valence-corrected chi connectivity index (χ4v) is 2.98. The molecule has 1 rings (SSSR count). The average Bonchev–Trinajstić information content (AvgIpc) is 2.66. The molecule has 0 aliphatic carbocycles. The Bertz CT molecular complexity index is 222. The maximum atomic E-state index is 4.69. The van der Waals surface area contributed by atoms with Crippen LogP contribution >= 0.6 is 11.8 Å². The third-order valence-corrected chi connectivity index (χ3v) is 4.24. The molecule has 1 aliphatic heterocycles. The Kier molecular flexibility index (Phi) is 6.25. The maximum absolute atomic E-state index is 4.69. The predicted octanol–water partition coefficient (Wildman–Crippen LogP) is 3.53. The fourth-order valence-electron chi connectivity index (χ4n) is 1.98. The normalized spacial score (nSPS) is 23.4. The number of aliphatic imine (C=N–C) groups is 1. The zero-order valence-electron chi connectivity index (χ0n) is 11.1. The van der Waals surface area contributed by atoms with Crippen LogP contribution in [-0.4, -0.2) is 23.5 Å². The van der Waals surface area contributed by atoms with Gasteiger partial charge in [0.1, 0.15) is 0 Å². The van der Waals surface area contributed by atoms with Crippen LogP contribution in [0.25, 0.3) is 0 Å². The van der Waals surface area contributed by atoms with Crippen LogP contribution in [-0.2, 0) is 0 Å². The topological polar surface area (TPSA) is 24.4 Å². The number of hydrogen-bond donors (Lipinski definition) is 1. The van der Waals surface area contributed by atoms with Crippen molar-refractivity contribution in [2.24, 2.45) is 16.8 Å². The summed E-state index contributed by atoms with van der Waals surface area (Å²) in [6, 6.07) is 0.644. The molecule has 0 aromatic heterocycles. The summed E-state index contributed by atoms with van der Waals surface area (Å²) < 4.78 is 0. The molecule has 1 saturated heterocycles. The largest absolute Gasteiger partial charge is 0.361 e. The Morgan fingerprint density at radius 2 is 2.06 bits per heavy atom. The lowest BCUT2D eigenvalue weighted by atomic mass is 10.0. The van der Waals surface area contributed by atoms with Crippen molar-refractivity contribution < 1.29 is 0 Å². The Labute approximate surface area is 105 Å². The van der Waals surface area contributed by atoms with Gasteiger partial charge in [-0.2, -0.15) is 0 Å². The van der Waals surface area contributed by atoms with E-state index >= 15 is 0 Å². The smallest absolute Gasteiger partial charge is 0.156 e. The number of amidine groups is 1. The minimum atomic E-state index is 0.644. The summed E-state index contributed by atoms with van der Waals surface area (Å²) >= 11 is 1.89. The predicted molar refractivity (Wildman–Crippen MR) is 75.2 cm³/mol. The lowest BCUT2D eigenvalue weighted by molar-refractivity contribution is 0.495. The molecular weight excluding hydrogens is 216 g/mol. The molecule has 1 heterocycles. The first-order chi connectivity index (χ1) is 7.65. The van der Waals surface area contributed by atoms with Crippen LogP contribution in [0.1, 0.15) is 47.0 Å². The zero-order chi connectivity index (χ0) is 12.0. The van der Waals surface area contributed by atoms with Gasteiger partial charge in [-0.15, -0.1) is 0 Å². The van der Waals surface area contributed by atoms with Crippen LogP contribution in [0.3, 0.4) is 0 Å². The summed E-state index contributed by atoms with van der Waals surface area (Å²) in [5.41, 5.74) is 0. The van der Waals surface area contributed by atoms with Crippen molar-refractivity contribution >= 4 is 16.9 Å². The van der Waals surface area contributed by atoms with E-state index in [2.05, 4.69) is 33.0 Å². The van der Waals surface area contributed by atoms with Crippen molar-refractivity contribution in [3.05, 3.63) is 0 Å². The van der Waals surface area contributed by atoms with Crippen molar-refractivity contribution in [3.63, 3.8) is 0 Å². The van der Waals surface area contributed by atoms with Gasteiger partial charge in [0.25, 0.3) is 0 Å². The van der Waals surface area contributed by atoms with Gasteiger partial charge in [-0.25, -0.2) is 0 Å². The number of nitrogens with one attached hydrogen (secondary N) is 1. The van der Waals surface area contributed by atoms with Crippen LogP contribution < -0.4 is 5.32 Å². The van der Waals surface area contributed by atoms with Crippen molar-refractivity contribution in [2.75, 3.05) is 12.3 Å². The van der Waals surface area contributed by atoms with Crippen molar-refractivity contribution in [2.45, 2.75) is 53.0 Å². The molecule has 16 heavy (non-hydrogen) atoms. The van der Waals surface area contributed by atoms with E-state index in [0.29, 0.717) is 6.04 Å². The highest BCUT2D eigenvalue weighted by Crippen LogP contribution is 2.19. The van der Waals surface area contributed by atoms with Crippen LogP contribution in [0.4, 0.5) is 0 Å². The Hall–Kier alpha value is -0.180. The average molecular weight is 242 g/mol. The van der Waals surface area contributed by atoms with Crippen LogP contribution in [0.15, 0.2) is 4.99 Å². The van der Waals surface area contributed by atoms with Gasteiger partial charge in [-0.05, 0) is 18.3 Å². The van der Waals surface area contributed by atoms with Gasteiger partial charge in [0, 0.05) is 18.3 Å². The third-order valence-electron chi connectivity index (χ3n) is 3.15. The van der Waals surface area contributed by atoms with E-state index < -0.39 is 0 Å². The summed E-state index contributed by atoms with van der Waals surface area (Å²) in [5.74, 6) is 2.73. The molecule has 0 bridgehead atoms. The maximum Gasteiger partial charge on any atom is 0.156 e. The van der Waals surface area contributed by atoms with E-state index in [1.165, 1.54) is 30.2 Å². The van der Waals surface area contributed by atoms with Crippen molar-refractivity contribution in [1.82, 2.24) is 5.32 Å². The van der Waals surface area contributed by atoms with Crippen LogP contribution in [0, 0.1) is 11.8 Å². The summed E-state index contributed by atoms with van der Waals surface area (Å²) in [5, 5.41) is 4.72. The molecule has 1 aliphatic rings. The van der Waals surface area contributed by atoms with Gasteiger partial charge in [0.2, 0.25) is 0 Å². The van der Waals surface area contributed by atoms with Crippen LogP contribution in [0.5, 0.6) is 0 Å². The number of thioether (sulfide) groups is 1. The number of rotatable bonds is 6. The molecule has 94 valence electrons. The van der Waals surface area contributed by atoms with Gasteiger partial charge < -0.3 is 5.32 Å². The molecule has 0 saturated carbocycles. The van der Waals surface area contributed by atoms with Gasteiger partial charge in [-0.3, -0.25) is 4.99 Å². The first-order valence-electron chi connectivity index (χ1n) is 6.59. The standard InChI is InChI=1S/C13H26N2S/c1-5-11(6-2)8-14-13-15-12(9-16-13)7-10(3)4/h10-12H,5-9H2,1-4H3,(H,14,15). The van der Waals surface area contributed by atoms with E-state index in [9.17, 15) is 0 Å². The second kappa shape index (κ2) is 7.21. The summed E-state index contributed by atoms with van der Waals surface area (Å²) in [7, 11) is 0. The number of nitrogens with zero attached hydrogens (tertiary/aromatic N) is 1. The molecule has 0 amide bonds. The highest BCUT2D eigenvalue weighted by molar-refractivity contribution is 8.14. The van der Waals surface area contributed by atoms with E-state index in [0.717, 1.165) is 18.4 Å². The van der Waals surface area contributed by atoms with Crippen LogP contribution in [0.2, 0.25) is 0 Å². The van der Waals surface area contributed by atoms with Crippen molar-refractivity contribution in [3.8, 4) is 0 Å². The molecule has 1 fully saturated rings. The summed E-state index contributed by atoms with van der Waals surface area (Å²) in [6.45, 7) is 10.1. The minimum absolute atomic E-state index is 0.644. The molecule has 0 radical (unpaired) electrons. The highest BCUT2D eigenvalue weighted by Gasteiger charge is 2.20. The molecule has 0 aromatic rings. The molecule has 2 nitrogen and oxygen atoms in total. The van der Waals surface area contributed by atoms with Gasteiger partial charge >= 0.3 is 0 Å². The SMILES string of the molecule is CCC(CC)CN=C1NC(CC(C)C)CS1. The monoisotopic (exact) mass is 242 g/mol. The quantitative estimate of drug-likeness (QED) is 0.770. The van der Waals surface area contributed by atoms with E-state index in [1.807, 2.05) is 11.8 Å². The first kappa shape index (κ1) is 13.9. The Morgan fingerprint density at radius 3 is 2.62 bits per heavy atom. The second-order valence-corrected chi connectivity index (χ2v) is 6.12. The zero-order valence-corrected chi connectivity index (χ0v) is 11.9. The minimum Gasteiger partial charge on any atom is -0.361 e.